The lowest BCUT2D eigenvalue weighted by atomic mass is 9.92. The topological polar surface area (TPSA) is 75.4 Å². The van der Waals surface area contributed by atoms with Crippen molar-refractivity contribution >= 4 is 10.0 Å². The number of hydrazine groups is 1. The molecule has 0 radical (unpaired) electrons. The fourth-order valence-corrected chi connectivity index (χ4v) is 3.09. The van der Waals surface area contributed by atoms with Crippen molar-refractivity contribution in [2.24, 2.45) is 11.8 Å². The fraction of sp³-hybridized carbons (Fsp3) is 1.00. The van der Waals surface area contributed by atoms with E-state index < -0.39 is 22.2 Å². The van der Waals surface area contributed by atoms with Crippen molar-refractivity contribution in [1.29, 1.82) is 0 Å². The number of halogens is 3. The highest BCUT2D eigenvalue weighted by atomic mass is 32.2. The smallest absolute Gasteiger partial charge is 0.271 e. The summed E-state index contributed by atoms with van der Waals surface area (Å²) in [4.78, 5) is 0. The molecular weight excluding hydrogens is 271 g/mol. The van der Waals surface area contributed by atoms with Crippen LogP contribution in [-0.4, -0.2) is 44.3 Å². The Hall–Kier alpha value is -0.380. The lowest BCUT2D eigenvalue weighted by molar-refractivity contribution is -0.160. The molecule has 3 N–H and O–H groups in total. The fourth-order valence-electron chi connectivity index (χ4n) is 2.15. The molecule has 9 heteroatoms. The third-order valence-electron chi connectivity index (χ3n) is 3.12. The predicted octanol–water partition coefficient (Wildman–Crippen LogP) is 0.442. The number of nitrogens with one attached hydrogen (secondary N) is 1. The molecule has 0 aromatic heterocycles. The average molecular weight is 289 g/mol. The minimum Gasteiger partial charge on any atom is -0.271 e. The van der Waals surface area contributed by atoms with Gasteiger partial charge in [0.1, 0.15) is 6.04 Å². The monoisotopic (exact) mass is 289 g/mol. The van der Waals surface area contributed by atoms with Crippen LogP contribution in [0.15, 0.2) is 0 Å². The molecule has 0 aromatic rings. The lowest BCUT2D eigenvalue weighted by Crippen LogP contribution is -2.49. The number of piperidine rings is 1. The van der Waals surface area contributed by atoms with E-state index in [-0.39, 0.29) is 18.9 Å². The van der Waals surface area contributed by atoms with Crippen molar-refractivity contribution in [2.45, 2.75) is 31.5 Å². The molecule has 0 aromatic carbocycles. The van der Waals surface area contributed by atoms with Gasteiger partial charge in [-0.05, 0) is 25.2 Å². The molecule has 1 aliphatic rings. The van der Waals surface area contributed by atoms with E-state index in [1.807, 2.05) is 0 Å². The van der Waals surface area contributed by atoms with E-state index in [1.54, 1.807) is 5.43 Å². The predicted molar refractivity (Wildman–Crippen MR) is 60.9 cm³/mol. The molecule has 1 saturated heterocycles. The van der Waals surface area contributed by atoms with E-state index in [4.69, 9.17) is 5.84 Å². The van der Waals surface area contributed by atoms with Crippen molar-refractivity contribution in [1.82, 2.24) is 9.73 Å². The number of sulfonamides is 1. The van der Waals surface area contributed by atoms with Gasteiger partial charge in [-0.15, -0.1) is 0 Å². The summed E-state index contributed by atoms with van der Waals surface area (Å²) in [5.74, 6) is 4.57. The Morgan fingerprint density at radius 2 is 2.11 bits per heavy atom. The number of rotatable bonds is 4. The lowest BCUT2D eigenvalue weighted by Gasteiger charge is -2.33. The van der Waals surface area contributed by atoms with Gasteiger partial charge < -0.3 is 0 Å². The van der Waals surface area contributed by atoms with Crippen LogP contribution in [-0.2, 0) is 10.0 Å². The van der Waals surface area contributed by atoms with Gasteiger partial charge in [0.2, 0.25) is 10.0 Å². The van der Waals surface area contributed by atoms with E-state index in [0.717, 1.165) is 6.26 Å². The van der Waals surface area contributed by atoms with Crippen LogP contribution in [0.4, 0.5) is 13.2 Å². The molecule has 0 saturated carbocycles. The average Bonchev–Trinajstić information content (AvgIpc) is 2.23. The zero-order chi connectivity index (χ0) is 14.0. The Labute approximate surface area is 105 Å². The van der Waals surface area contributed by atoms with Gasteiger partial charge in [0.05, 0.1) is 6.26 Å². The van der Waals surface area contributed by atoms with Crippen molar-refractivity contribution in [2.75, 3.05) is 19.3 Å². The molecule has 1 fully saturated rings. The molecule has 0 amide bonds. The molecule has 5 nitrogen and oxygen atoms in total. The normalized spacial score (nSPS) is 25.1. The Morgan fingerprint density at radius 3 is 2.56 bits per heavy atom. The van der Waals surface area contributed by atoms with Crippen molar-refractivity contribution in [3.63, 3.8) is 0 Å². The molecule has 18 heavy (non-hydrogen) atoms. The summed E-state index contributed by atoms with van der Waals surface area (Å²) in [5, 5.41) is 0. The third-order valence-corrected chi connectivity index (χ3v) is 4.39. The van der Waals surface area contributed by atoms with Crippen LogP contribution >= 0.6 is 0 Å². The van der Waals surface area contributed by atoms with Crippen LogP contribution in [0, 0.1) is 5.92 Å². The molecule has 0 bridgehead atoms. The van der Waals surface area contributed by atoms with Crippen LogP contribution in [0.25, 0.3) is 0 Å². The van der Waals surface area contributed by atoms with E-state index >= 15 is 0 Å². The summed E-state index contributed by atoms with van der Waals surface area (Å²) in [6.45, 7) is 0.509. The second kappa shape index (κ2) is 5.72. The van der Waals surface area contributed by atoms with Gasteiger partial charge in [-0.25, -0.2) is 18.1 Å². The van der Waals surface area contributed by atoms with Crippen LogP contribution in [0.3, 0.4) is 0 Å². The van der Waals surface area contributed by atoms with Gasteiger partial charge in [0.25, 0.3) is 0 Å². The number of hydrogen-bond donors (Lipinski definition) is 2. The minimum absolute atomic E-state index is 0.132. The number of alkyl halides is 3. The highest BCUT2D eigenvalue weighted by Crippen LogP contribution is 2.29. The zero-order valence-corrected chi connectivity index (χ0v) is 10.9. The second-order valence-corrected chi connectivity index (χ2v) is 6.61. The standard InChI is InChI=1S/C9H18F3N3O2S/c1-18(16,17)15-4-2-3-7(6-15)5-8(14-13)9(10,11)12/h7-8,14H,2-6,13H2,1H3. The van der Waals surface area contributed by atoms with Crippen molar-refractivity contribution in [3.05, 3.63) is 0 Å². The Balaban J connectivity index is 2.63. The highest BCUT2D eigenvalue weighted by Gasteiger charge is 2.41. The van der Waals surface area contributed by atoms with Crippen LogP contribution in [0.1, 0.15) is 19.3 Å². The van der Waals surface area contributed by atoms with Crippen LogP contribution in [0.2, 0.25) is 0 Å². The van der Waals surface area contributed by atoms with Crippen molar-refractivity contribution < 1.29 is 21.6 Å². The molecule has 0 aliphatic carbocycles. The van der Waals surface area contributed by atoms with Gasteiger partial charge in [-0.3, -0.25) is 5.84 Å². The van der Waals surface area contributed by atoms with E-state index in [9.17, 15) is 21.6 Å². The summed E-state index contributed by atoms with van der Waals surface area (Å²) >= 11 is 0. The molecule has 0 spiro atoms. The van der Waals surface area contributed by atoms with E-state index in [0.29, 0.717) is 19.4 Å². The molecule has 2 atom stereocenters. The largest absolute Gasteiger partial charge is 0.405 e. The molecule has 1 aliphatic heterocycles. The molecule has 1 heterocycles. The first kappa shape index (κ1) is 15.7. The van der Waals surface area contributed by atoms with Crippen LogP contribution < -0.4 is 11.3 Å². The van der Waals surface area contributed by atoms with Gasteiger partial charge >= 0.3 is 6.18 Å². The Morgan fingerprint density at radius 1 is 1.50 bits per heavy atom. The molecule has 2 unspecified atom stereocenters. The summed E-state index contributed by atoms with van der Waals surface area (Å²) in [6.07, 6.45) is -2.39. The molecular formula is C9H18F3N3O2S. The zero-order valence-electron chi connectivity index (χ0n) is 10.1. The number of nitrogens with zero attached hydrogens (tertiary/aromatic N) is 1. The molecule has 1 rings (SSSR count). The summed E-state index contributed by atoms with van der Waals surface area (Å²) in [5.41, 5.74) is 1.75. The number of hydrogen-bond acceptors (Lipinski definition) is 4. The maximum Gasteiger partial charge on any atom is 0.405 e. The van der Waals surface area contributed by atoms with Gasteiger partial charge in [-0.1, -0.05) is 0 Å². The minimum atomic E-state index is -4.41. The maximum absolute atomic E-state index is 12.5. The maximum atomic E-state index is 12.5. The highest BCUT2D eigenvalue weighted by molar-refractivity contribution is 7.88. The number of nitrogens with two attached hydrogens (primary N) is 1. The third kappa shape index (κ3) is 4.38. The first-order valence-electron chi connectivity index (χ1n) is 5.62. The summed E-state index contributed by atoms with van der Waals surface area (Å²) in [7, 11) is -3.34. The van der Waals surface area contributed by atoms with Gasteiger partial charge in [0, 0.05) is 13.1 Å². The van der Waals surface area contributed by atoms with Crippen LogP contribution in [0.5, 0.6) is 0 Å². The van der Waals surface area contributed by atoms with Crippen molar-refractivity contribution in [3.8, 4) is 0 Å². The molecule has 108 valence electrons. The summed E-state index contributed by atoms with van der Waals surface area (Å²) < 4.78 is 61.5. The SMILES string of the molecule is CS(=O)(=O)N1CCCC(CC(NN)C(F)(F)F)C1. The first-order valence-corrected chi connectivity index (χ1v) is 7.47. The second-order valence-electron chi connectivity index (χ2n) is 4.63. The first-order chi connectivity index (χ1) is 8.14. The Bertz CT molecular complexity index is 372. The quantitative estimate of drug-likeness (QED) is 0.582. The summed E-state index contributed by atoms with van der Waals surface area (Å²) in [6, 6.07) is -1.79. The van der Waals surface area contributed by atoms with E-state index in [2.05, 4.69) is 0 Å². The van der Waals surface area contributed by atoms with Gasteiger partial charge in [0.15, 0.2) is 0 Å². The van der Waals surface area contributed by atoms with E-state index in [1.165, 1.54) is 4.31 Å². The Kier molecular flexibility index (Phi) is 4.98. The van der Waals surface area contributed by atoms with Gasteiger partial charge in [-0.2, -0.15) is 13.2 Å².